The standard InChI is InChI=1S/C8H6BF3O4/c10-8(11,12)7-3-6(16-9(14)15)2-1-5(7)4-13/h1-4,14-15H. The first-order valence-electron chi connectivity index (χ1n) is 4.04. The fourth-order valence-corrected chi connectivity index (χ4v) is 1.08. The highest BCUT2D eigenvalue weighted by molar-refractivity contribution is 6.33. The molecule has 0 amide bonds. The second kappa shape index (κ2) is 4.54. The van der Waals surface area contributed by atoms with Gasteiger partial charge < -0.3 is 14.7 Å². The average Bonchev–Trinajstić information content (AvgIpc) is 2.15. The molecule has 0 heterocycles. The van der Waals surface area contributed by atoms with Crippen LogP contribution in [-0.4, -0.2) is 23.7 Å². The van der Waals surface area contributed by atoms with Crippen molar-refractivity contribution >= 4 is 13.6 Å². The highest BCUT2D eigenvalue weighted by atomic mass is 19.4. The normalized spacial score (nSPS) is 11.1. The van der Waals surface area contributed by atoms with Crippen LogP contribution in [0.3, 0.4) is 0 Å². The largest absolute Gasteiger partial charge is 0.707 e. The molecular formula is C8H6BF3O4. The van der Waals surface area contributed by atoms with E-state index in [-0.39, 0.29) is 6.29 Å². The Labute approximate surface area is 88.4 Å². The zero-order valence-electron chi connectivity index (χ0n) is 7.73. The van der Waals surface area contributed by atoms with E-state index >= 15 is 0 Å². The van der Waals surface area contributed by atoms with Crippen LogP contribution in [-0.2, 0) is 6.18 Å². The molecule has 0 radical (unpaired) electrons. The van der Waals surface area contributed by atoms with E-state index in [0.29, 0.717) is 6.07 Å². The Kier molecular flexibility index (Phi) is 3.56. The van der Waals surface area contributed by atoms with Gasteiger partial charge in [-0.25, -0.2) is 0 Å². The highest BCUT2D eigenvalue weighted by Crippen LogP contribution is 2.33. The van der Waals surface area contributed by atoms with Crippen molar-refractivity contribution in [3.63, 3.8) is 0 Å². The molecule has 0 saturated heterocycles. The van der Waals surface area contributed by atoms with Gasteiger partial charge in [0.15, 0.2) is 6.29 Å². The molecule has 0 spiro atoms. The van der Waals surface area contributed by atoms with Gasteiger partial charge in [-0.1, -0.05) is 0 Å². The second-order valence-corrected chi connectivity index (χ2v) is 2.81. The Morgan fingerprint density at radius 3 is 2.38 bits per heavy atom. The van der Waals surface area contributed by atoms with Gasteiger partial charge in [-0.05, 0) is 18.2 Å². The fraction of sp³-hybridized carbons (Fsp3) is 0.125. The highest BCUT2D eigenvalue weighted by Gasteiger charge is 2.34. The van der Waals surface area contributed by atoms with E-state index in [1.807, 2.05) is 0 Å². The molecule has 0 aliphatic carbocycles. The molecule has 1 aromatic carbocycles. The Balaban J connectivity index is 3.16. The zero-order chi connectivity index (χ0) is 12.3. The minimum atomic E-state index is -4.71. The van der Waals surface area contributed by atoms with Gasteiger partial charge in [0.1, 0.15) is 5.75 Å². The van der Waals surface area contributed by atoms with Crippen molar-refractivity contribution in [3.8, 4) is 5.75 Å². The maximum absolute atomic E-state index is 12.4. The van der Waals surface area contributed by atoms with Gasteiger partial charge in [-0.15, -0.1) is 0 Å². The van der Waals surface area contributed by atoms with Crippen LogP contribution in [0.1, 0.15) is 15.9 Å². The Morgan fingerprint density at radius 1 is 1.31 bits per heavy atom. The van der Waals surface area contributed by atoms with Crippen molar-refractivity contribution in [1.29, 1.82) is 0 Å². The van der Waals surface area contributed by atoms with Crippen LogP contribution in [0.25, 0.3) is 0 Å². The molecule has 16 heavy (non-hydrogen) atoms. The van der Waals surface area contributed by atoms with Gasteiger partial charge in [0.25, 0.3) is 0 Å². The predicted octanol–water partition coefficient (Wildman–Crippen LogP) is 0.866. The topological polar surface area (TPSA) is 66.8 Å². The van der Waals surface area contributed by atoms with Crippen molar-refractivity contribution in [2.24, 2.45) is 0 Å². The molecule has 8 heteroatoms. The summed E-state index contributed by atoms with van der Waals surface area (Å²) in [5.41, 5.74) is -1.74. The van der Waals surface area contributed by atoms with E-state index in [1.165, 1.54) is 0 Å². The third kappa shape index (κ3) is 2.98. The molecule has 0 aliphatic heterocycles. The molecule has 1 aromatic rings. The Morgan fingerprint density at radius 2 is 1.94 bits per heavy atom. The van der Waals surface area contributed by atoms with Gasteiger partial charge in [-0.2, -0.15) is 13.2 Å². The smallest absolute Gasteiger partial charge is 0.512 e. The number of hydrogen-bond acceptors (Lipinski definition) is 4. The SMILES string of the molecule is O=Cc1ccc(OB(O)O)cc1C(F)(F)F. The third-order valence-electron chi connectivity index (χ3n) is 1.70. The van der Waals surface area contributed by atoms with Crippen molar-refractivity contribution in [2.45, 2.75) is 6.18 Å². The second-order valence-electron chi connectivity index (χ2n) is 2.81. The maximum atomic E-state index is 12.4. The van der Waals surface area contributed by atoms with Gasteiger partial charge >= 0.3 is 13.5 Å². The molecular weight excluding hydrogens is 228 g/mol. The molecule has 2 N–H and O–H groups in total. The summed E-state index contributed by atoms with van der Waals surface area (Å²) < 4.78 is 41.5. The maximum Gasteiger partial charge on any atom is 0.707 e. The number of hydrogen-bond donors (Lipinski definition) is 2. The zero-order valence-corrected chi connectivity index (χ0v) is 7.73. The van der Waals surface area contributed by atoms with Crippen molar-refractivity contribution in [2.75, 3.05) is 0 Å². The van der Waals surface area contributed by atoms with Crippen LogP contribution in [0.5, 0.6) is 5.75 Å². The van der Waals surface area contributed by atoms with Gasteiger partial charge in [0, 0.05) is 5.56 Å². The first-order valence-corrected chi connectivity index (χ1v) is 4.04. The van der Waals surface area contributed by atoms with E-state index in [0.717, 1.165) is 12.1 Å². The molecule has 86 valence electrons. The summed E-state index contributed by atoms with van der Waals surface area (Å²) in [5, 5.41) is 16.8. The molecule has 1 rings (SSSR count). The van der Waals surface area contributed by atoms with Crippen LogP contribution < -0.4 is 4.65 Å². The predicted molar refractivity (Wildman–Crippen MR) is 47.7 cm³/mol. The van der Waals surface area contributed by atoms with Gasteiger partial charge in [0.2, 0.25) is 0 Å². The van der Waals surface area contributed by atoms with Gasteiger partial charge in [0.05, 0.1) is 5.56 Å². The molecule has 0 atom stereocenters. The van der Waals surface area contributed by atoms with Crippen LogP contribution in [0, 0.1) is 0 Å². The van der Waals surface area contributed by atoms with Crippen LogP contribution in [0.15, 0.2) is 18.2 Å². The minimum absolute atomic E-state index is 0.0575. The fourth-order valence-electron chi connectivity index (χ4n) is 1.08. The van der Waals surface area contributed by atoms with Crippen LogP contribution >= 0.6 is 0 Å². The quantitative estimate of drug-likeness (QED) is 0.601. The van der Waals surface area contributed by atoms with Crippen LogP contribution in [0.4, 0.5) is 13.2 Å². The molecule has 0 aromatic heterocycles. The lowest BCUT2D eigenvalue weighted by molar-refractivity contribution is -0.137. The first kappa shape index (κ1) is 12.5. The monoisotopic (exact) mass is 234 g/mol. The number of carbonyl (C=O) groups excluding carboxylic acids is 1. The van der Waals surface area contributed by atoms with E-state index in [4.69, 9.17) is 10.0 Å². The molecule has 0 fully saturated rings. The molecule has 0 unspecified atom stereocenters. The third-order valence-corrected chi connectivity index (χ3v) is 1.70. The summed E-state index contributed by atoms with van der Waals surface area (Å²) in [6, 6.07) is 2.43. The number of rotatable bonds is 3. The summed E-state index contributed by atoms with van der Waals surface area (Å²) in [5.74, 6) is -0.395. The average molecular weight is 234 g/mol. The van der Waals surface area contributed by atoms with Crippen LogP contribution in [0.2, 0.25) is 0 Å². The summed E-state index contributed by atoms with van der Waals surface area (Å²) >= 11 is 0. The molecule has 0 saturated carbocycles. The summed E-state index contributed by atoms with van der Waals surface area (Å²) in [7, 11) is -2.22. The number of benzene rings is 1. The lowest BCUT2D eigenvalue weighted by atomic mass is 10.1. The van der Waals surface area contributed by atoms with E-state index < -0.39 is 30.4 Å². The van der Waals surface area contributed by atoms with Crippen molar-refractivity contribution in [3.05, 3.63) is 29.3 Å². The number of halogens is 3. The Bertz CT molecular complexity index is 391. The number of aldehydes is 1. The summed E-state index contributed by atoms with van der Waals surface area (Å²) in [6.07, 6.45) is -4.65. The van der Waals surface area contributed by atoms with E-state index in [9.17, 15) is 18.0 Å². The Hall–Kier alpha value is -1.54. The number of carbonyl (C=O) groups is 1. The first-order chi connectivity index (χ1) is 7.34. The molecule has 0 aliphatic rings. The lowest BCUT2D eigenvalue weighted by Gasteiger charge is -2.11. The lowest BCUT2D eigenvalue weighted by Crippen LogP contribution is -2.21. The van der Waals surface area contributed by atoms with Gasteiger partial charge in [-0.3, -0.25) is 4.79 Å². The van der Waals surface area contributed by atoms with Crippen molar-refractivity contribution in [1.82, 2.24) is 0 Å². The summed E-state index contributed by atoms with van der Waals surface area (Å²) in [4.78, 5) is 10.4. The molecule has 0 bridgehead atoms. The molecule has 4 nitrogen and oxygen atoms in total. The van der Waals surface area contributed by atoms with E-state index in [1.54, 1.807) is 0 Å². The number of alkyl halides is 3. The van der Waals surface area contributed by atoms with Crippen molar-refractivity contribution < 1.29 is 32.7 Å². The minimum Gasteiger partial charge on any atom is -0.512 e. The summed E-state index contributed by atoms with van der Waals surface area (Å²) in [6.45, 7) is 0. The van der Waals surface area contributed by atoms with E-state index in [2.05, 4.69) is 4.65 Å².